The Morgan fingerprint density at radius 1 is 1.41 bits per heavy atom. The Balaban J connectivity index is 2.29. The molecule has 5 nitrogen and oxygen atoms in total. The van der Waals surface area contributed by atoms with E-state index in [1.807, 2.05) is 30.3 Å². The fourth-order valence-corrected chi connectivity index (χ4v) is 2.51. The molecule has 0 fully saturated rings. The van der Waals surface area contributed by atoms with Gasteiger partial charge in [-0.3, -0.25) is 4.79 Å². The van der Waals surface area contributed by atoms with Crippen LogP contribution in [0.3, 0.4) is 0 Å². The molecule has 0 radical (unpaired) electrons. The molecule has 6 heteroatoms. The number of hydrogen-bond acceptors (Lipinski definition) is 3. The number of aliphatic hydroxyl groups excluding tert-OH is 1. The number of aliphatic hydroxyl groups is 1. The zero-order valence-corrected chi connectivity index (χ0v) is 13.7. The summed E-state index contributed by atoms with van der Waals surface area (Å²) < 4.78 is 1.56. The lowest BCUT2D eigenvalue weighted by Gasteiger charge is -2.17. The largest absolute Gasteiger partial charge is 0.393 e. The summed E-state index contributed by atoms with van der Waals surface area (Å²) >= 11 is 6.37. The van der Waals surface area contributed by atoms with Crippen molar-refractivity contribution in [3.63, 3.8) is 0 Å². The standard InChI is InChI=1S/C16H20ClN3O2/c1-11(21)9-10-19(3)16(22)14-12(2)18-20(15(14)17)13-7-5-4-6-8-13/h4-8,11,21H,9-10H2,1-3H3. The summed E-state index contributed by atoms with van der Waals surface area (Å²) in [7, 11) is 1.69. The molecule has 1 aromatic heterocycles. The van der Waals surface area contributed by atoms with Crippen LogP contribution < -0.4 is 0 Å². The molecule has 1 atom stereocenters. The molecule has 1 unspecified atom stereocenters. The van der Waals surface area contributed by atoms with Crippen LogP contribution in [0.1, 0.15) is 29.4 Å². The maximum atomic E-state index is 12.6. The highest BCUT2D eigenvalue weighted by Crippen LogP contribution is 2.24. The molecule has 0 aliphatic rings. The summed E-state index contributed by atoms with van der Waals surface area (Å²) in [5, 5.41) is 14.0. The lowest BCUT2D eigenvalue weighted by Crippen LogP contribution is -2.29. The van der Waals surface area contributed by atoms with E-state index in [-0.39, 0.29) is 5.91 Å². The van der Waals surface area contributed by atoms with E-state index >= 15 is 0 Å². The average molecular weight is 322 g/mol. The van der Waals surface area contributed by atoms with Crippen molar-refractivity contribution >= 4 is 17.5 Å². The van der Waals surface area contributed by atoms with Crippen molar-refractivity contribution in [2.24, 2.45) is 0 Å². The van der Waals surface area contributed by atoms with E-state index in [1.54, 1.807) is 30.5 Å². The molecule has 1 N–H and O–H groups in total. The van der Waals surface area contributed by atoms with Gasteiger partial charge in [-0.05, 0) is 32.4 Å². The molecule has 1 heterocycles. The van der Waals surface area contributed by atoms with Crippen LogP contribution in [0, 0.1) is 6.92 Å². The molecule has 2 rings (SSSR count). The molecular formula is C16H20ClN3O2. The summed E-state index contributed by atoms with van der Waals surface area (Å²) in [5.41, 5.74) is 1.79. The summed E-state index contributed by atoms with van der Waals surface area (Å²) in [6.45, 7) is 3.92. The normalized spacial score (nSPS) is 12.2. The topological polar surface area (TPSA) is 58.4 Å². The first-order chi connectivity index (χ1) is 10.4. The summed E-state index contributed by atoms with van der Waals surface area (Å²) in [6, 6.07) is 9.44. The first-order valence-corrected chi connectivity index (χ1v) is 7.53. The second kappa shape index (κ2) is 6.94. The van der Waals surface area contributed by atoms with E-state index in [9.17, 15) is 9.90 Å². The van der Waals surface area contributed by atoms with Crippen LogP contribution in [-0.2, 0) is 0 Å². The third-order valence-electron chi connectivity index (χ3n) is 3.45. The van der Waals surface area contributed by atoms with Gasteiger partial charge in [0.2, 0.25) is 0 Å². The zero-order chi connectivity index (χ0) is 16.3. The molecule has 0 spiro atoms. The predicted molar refractivity (Wildman–Crippen MR) is 86.6 cm³/mol. The summed E-state index contributed by atoms with van der Waals surface area (Å²) in [5.74, 6) is -0.190. The highest BCUT2D eigenvalue weighted by molar-refractivity contribution is 6.33. The number of aryl methyl sites for hydroxylation is 1. The van der Waals surface area contributed by atoms with Crippen molar-refractivity contribution < 1.29 is 9.90 Å². The van der Waals surface area contributed by atoms with Gasteiger partial charge in [0.05, 0.1) is 23.0 Å². The van der Waals surface area contributed by atoms with Crippen molar-refractivity contribution in [2.75, 3.05) is 13.6 Å². The minimum atomic E-state index is -0.445. The van der Waals surface area contributed by atoms with Gasteiger partial charge >= 0.3 is 0 Å². The molecule has 0 saturated carbocycles. The van der Waals surface area contributed by atoms with Crippen molar-refractivity contribution in [3.05, 3.63) is 46.7 Å². The Kier molecular flexibility index (Phi) is 5.21. The highest BCUT2D eigenvalue weighted by atomic mass is 35.5. The third kappa shape index (κ3) is 3.48. The molecule has 1 aromatic carbocycles. The first kappa shape index (κ1) is 16.5. The van der Waals surface area contributed by atoms with Gasteiger partial charge in [0.1, 0.15) is 5.15 Å². The minimum absolute atomic E-state index is 0.190. The lowest BCUT2D eigenvalue weighted by atomic mass is 10.2. The van der Waals surface area contributed by atoms with Gasteiger partial charge in [-0.1, -0.05) is 29.8 Å². The molecule has 0 bridgehead atoms. The van der Waals surface area contributed by atoms with Gasteiger partial charge in [0, 0.05) is 13.6 Å². The van der Waals surface area contributed by atoms with E-state index in [1.165, 1.54) is 0 Å². The van der Waals surface area contributed by atoms with E-state index in [0.717, 1.165) is 5.69 Å². The molecule has 22 heavy (non-hydrogen) atoms. The van der Waals surface area contributed by atoms with Gasteiger partial charge in [-0.2, -0.15) is 5.10 Å². The van der Waals surface area contributed by atoms with E-state index in [2.05, 4.69) is 5.10 Å². The fraction of sp³-hybridized carbons (Fsp3) is 0.375. The molecular weight excluding hydrogens is 302 g/mol. The first-order valence-electron chi connectivity index (χ1n) is 7.16. The van der Waals surface area contributed by atoms with Gasteiger partial charge in [0.15, 0.2) is 0 Å². The molecule has 0 aliphatic carbocycles. The van der Waals surface area contributed by atoms with E-state index in [0.29, 0.717) is 29.4 Å². The molecule has 0 saturated heterocycles. The molecule has 2 aromatic rings. The van der Waals surface area contributed by atoms with Crippen LogP contribution >= 0.6 is 11.6 Å². The SMILES string of the molecule is Cc1nn(-c2ccccc2)c(Cl)c1C(=O)N(C)CCC(C)O. The summed E-state index contributed by atoms with van der Waals surface area (Å²) in [4.78, 5) is 14.1. The number of para-hydroxylation sites is 1. The third-order valence-corrected chi connectivity index (χ3v) is 3.80. The molecule has 1 amide bonds. The number of aromatic nitrogens is 2. The minimum Gasteiger partial charge on any atom is -0.393 e. The number of carbonyl (C=O) groups is 1. The smallest absolute Gasteiger partial charge is 0.258 e. The maximum absolute atomic E-state index is 12.6. The van der Waals surface area contributed by atoms with Gasteiger partial charge < -0.3 is 10.0 Å². The fourth-order valence-electron chi connectivity index (χ4n) is 2.16. The lowest BCUT2D eigenvalue weighted by molar-refractivity contribution is 0.0768. The second-order valence-electron chi connectivity index (χ2n) is 5.36. The Bertz CT molecular complexity index is 653. The van der Waals surface area contributed by atoms with Crippen molar-refractivity contribution in [2.45, 2.75) is 26.4 Å². The van der Waals surface area contributed by atoms with Crippen LogP contribution in [0.4, 0.5) is 0 Å². The Labute approximate surface area is 135 Å². The van der Waals surface area contributed by atoms with E-state index in [4.69, 9.17) is 11.6 Å². The number of nitrogens with zero attached hydrogens (tertiary/aromatic N) is 3. The Morgan fingerprint density at radius 3 is 2.64 bits per heavy atom. The predicted octanol–water partition coefficient (Wildman–Crippen LogP) is 2.68. The van der Waals surface area contributed by atoms with Crippen LogP contribution in [0.25, 0.3) is 5.69 Å². The Morgan fingerprint density at radius 2 is 2.05 bits per heavy atom. The van der Waals surface area contributed by atoms with Crippen LogP contribution in [-0.4, -0.2) is 45.4 Å². The van der Waals surface area contributed by atoms with Crippen LogP contribution in [0.15, 0.2) is 30.3 Å². The summed E-state index contributed by atoms with van der Waals surface area (Å²) in [6.07, 6.45) is 0.0741. The van der Waals surface area contributed by atoms with Gasteiger partial charge in [-0.25, -0.2) is 4.68 Å². The van der Waals surface area contributed by atoms with Crippen molar-refractivity contribution in [1.29, 1.82) is 0 Å². The van der Waals surface area contributed by atoms with E-state index < -0.39 is 6.10 Å². The molecule has 0 aliphatic heterocycles. The Hall–Kier alpha value is -1.85. The monoisotopic (exact) mass is 321 g/mol. The van der Waals surface area contributed by atoms with Crippen molar-refractivity contribution in [3.8, 4) is 5.69 Å². The zero-order valence-electron chi connectivity index (χ0n) is 13.0. The van der Waals surface area contributed by atoms with Crippen molar-refractivity contribution in [1.82, 2.24) is 14.7 Å². The number of hydrogen-bond donors (Lipinski definition) is 1. The highest BCUT2D eigenvalue weighted by Gasteiger charge is 2.23. The number of halogens is 1. The molecule has 118 valence electrons. The number of benzene rings is 1. The number of carbonyl (C=O) groups excluding carboxylic acids is 1. The van der Waals surface area contributed by atoms with Crippen LogP contribution in [0.5, 0.6) is 0 Å². The second-order valence-corrected chi connectivity index (χ2v) is 5.72. The number of amides is 1. The number of rotatable bonds is 5. The van der Waals surface area contributed by atoms with Gasteiger partial charge in [0.25, 0.3) is 5.91 Å². The maximum Gasteiger partial charge on any atom is 0.258 e. The quantitative estimate of drug-likeness (QED) is 0.921. The van der Waals surface area contributed by atoms with Gasteiger partial charge in [-0.15, -0.1) is 0 Å². The van der Waals surface area contributed by atoms with Crippen LogP contribution in [0.2, 0.25) is 5.15 Å². The average Bonchev–Trinajstić information content (AvgIpc) is 2.80.